The molecule has 0 bridgehead atoms. The van der Waals surface area contributed by atoms with E-state index in [-0.39, 0.29) is 5.91 Å². The zero-order valence-electron chi connectivity index (χ0n) is 10.2. The number of hydrogen-bond donors (Lipinski definition) is 0. The molecule has 16 heavy (non-hydrogen) atoms. The highest BCUT2D eigenvalue weighted by atomic mass is 16.5. The van der Waals surface area contributed by atoms with Gasteiger partial charge in [-0.3, -0.25) is 4.79 Å². The Kier molecular flexibility index (Phi) is 4.83. The Morgan fingerprint density at radius 2 is 1.94 bits per heavy atom. The van der Waals surface area contributed by atoms with Crippen LogP contribution in [0.25, 0.3) is 0 Å². The summed E-state index contributed by atoms with van der Waals surface area (Å²) in [6, 6.07) is 8.01. The van der Waals surface area contributed by atoms with E-state index < -0.39 is 0 Å². The van der Waals surface area contributed by atoms with Crippen molar-refractivity contribution in [3.8, 4) is 5.75 Å². The van der Waals surface area contributed by atoms with Crippen LogP contribution in [0.5, 0.6) is 5.75 Å². The summed E-state index contributed by atoms with van der Waals surface area (Å²) in [5.74, 6) is 0.997. The lowest BCUT2D eigenvalue weighted by molar-refractivity contribution is -0.127. The molecule has 1 rings (SSSR count). The first-order valence-electron chi connectivity index (χ1n) is 5.57. The Hall–Kier alpha value is -1.51. The summed E-state index contributed by atoms with van der Waals surface area (Å²) in [6.45, 7) is 4.99. The largest absolute Gasteiger partial charge is 0.494 e. The van der Waals surface area contributed by atoms with Crippen LogP contribution in [0.3, 0.4) is 0 Å². The van der Waals surface area contributed by atoms with Crippen LogP contribution in [0.15, 0.2) is 24.3 Å². The van der Waals surface area contributed by atoms with Crippen molar-refractivity contribution in [1.82, 2.24) is 4.90 Å². The molecule has 88 valence electrons. The minimum Gasteiger partial charge on any atom is -0.494 e. The maximum Gasteiger partial charge on any atom is 0.219 e. The van der Waals surface area contributed by atoms with E-state index in [2.05, 4.69) is 0 Å². The zero-order chi connectivity index (χ0) is 12.0. The van der Waals surface area contributed by atoms with E-state index in [1.54, 1.807) is 11.8 Å². The van der Waals surface area contributed by atoms with Crippen LogP contribution in [-0.2, 0) is 11.2 Å². The third-order valence-electron chi connectivity index (χ3n) is 2.51. The number of amides is 1. The second kappa shape index (κ2) is 6.16. The summed E-state index contributed by atoms with van der Waals surface area (Å²) in [5, 5.41) is 0. The minimum atomic E-state index is 0.103. The van der Waals surface area contributed by atoms with Crippen molar-refractivity contribution >= 4 is 5.91 Å². The lowest BCUT2D eigenvalue weighted by atomic mass is 10.1. The van der Waals surface area contributed by atoms with E-state index in [4.69, 9.17) is 4.74 Å². The van der Waals surface area contributed by atoms with Gasteiger partial charge in [0.2, 0.25) is 5.91 Å². The van der Waals surface area contributed by atoms with E-state index in [1.807, 2.05) is 38.2 Å². The molecule has 0 N–H and O–H groups in total. The summed E-state index contributed by atoms with van der Waals surface area (Å²) < 4.78 is 5.36. The first-order chi connectivity index (χ1) is 7.63. The van der Waals surface area contributed by atoms with Crippen LogP contribution in [0.4, 0.5) is 0 Å². The van der Waals surface area contributed by atoms with E-state index in [9.17, 15) is 4.79 Å². The highest BCUT2D eigenvalue weighted by molar-refractivity contribution is 5.72. The average molecular weight is 221 g/mol. The Labute approximate surface area is 97.0 Å². The van der Waals surface area contributed by atoms with E-state index in [1.165, 1.54) is 5.56 Å². The van der Waals surface area contributed by atoms with Gasteiger partial charge in [-0.15, -0.1) is 0 Å². The molecular formula is C13H19NO2. The van der Waals surface area contributed by atoms with Gasteiger partial charge in [-0.05, 0) is 31.0 Å². The monoisotopic (exact) mass is 221 g/mol. The molecule has 0 atom stereocenters. The molecule has 1 aromatic carbocycles. The molecule has 1 aromatic rings. The Morgan fingerprint density at radius 3 is 2.44 bits per heavy atom. The number of benzene rings is 1. The molecule has 3 heteroatoms. The predicted molar refractivity (Wildman–Crippen MR) is 64.6 cm³/mol. The van der Waals surface area contributed by atoms with Gasteiger partial charge in [-0.2, -0.15) is 0 Å². The van der Waals surface area contributed by atoms with Gasteiger partial charge in [0.1, 0.15) is 5.75 Å². The summed E-state index contributed by atoms with van der Waals surface area (Å²) in [5.41, 5.74) is 1.22. The third-order valence-corrected chi connectivity index (χ3v) is 2.51. The van der Waals surface area contributed by atoms with Crippen LogP contribution in [0.2, 0.25) is 0 Å². The highest BCUT2D eigenvalue weighted by Crippen LogP contribution is 2.12. The van der Waals surface area contributed by atoms with Crippen LogP contribution in [0, 0.1) is 0 Å². The van der Waals surface area contributed by atoms with Crippen molar-refractivity contribution in [1.29, 1.82) is 0 Å². The molecule has 1 amide bonds. The fraction of sp³-hybridized carbons (Fsp3) is 0.462. The number of hydrogen-bond acceptors (Lipinski definition) is 2. The fourth-order valence-electron chi connectivity index (χ4n) is 1.37. The number of carbonyl (C=O) groups is 1. The molecule has 0 aromatic heterocycles. The minimum absolute atomic E-state index is 0.103. The molecule has 0 radical (unpaired) electrons. The number of likely N-dealkylation sites (N-methyl/N-ethyl adjacent to an activating group) is 1. The third kappa shape index (κ3) is 3.93. The van der Waals surface area contributed by atoms with E-state index in [0.29, 0.717) is 6.61 Å². The summed E-state index contributed by atoms with van der Waals surface area (Å²) in [4.78, 5) is 12.7. The number of carbonyl (C=O) groups excluding carboxylic acids is 1. The van der Waals surface area contributed by atoms with Crippen molar-refractivity contribution in [2.24, 2.45) is 0 Å². The molecule has 0 saturated carbocycles. The van der Waals surface area contributed by atoms with E-state index in [0.717, 1.165) is 18.7 Å². The van der Waals surface area contributed by atoms with Gasteiger partial charge in [-0.1, -0.05) is 12.1 Å². The van der Waals surface area contributed by atoms with Gasteiger partial charge >= 0.3 is 0 Å². The topological polar surface area (TPSA) is 29.5 Å². The quantitative estimate of drug-likeness (QED) is 0.762. The lowest BCUT2D eigenvalue weighted by Gasteiger charge is -2.14. The molecule has 3 nitrogen and oxygen atoms in total. The molecule has 0 aliphatic heterocycles. The summed E-state index contributed by atoms with van der Waals surface area (Å²) in [6.07, 6.45) is 0.877. The van der Waals surface area contributed by atoms with Gasteiger partial charge in [0, 0.05) is 20.5 Å². The first kappa shape index (κ1) is 12.6. The number of ether oxygens (including phenoxy) is 1. The van der Waals surface area contributed by atoms with Crippen LogP contribution in [0.1, 0.15) is 19.4 Å². The second-order valence-corrected chi connectivity index (χ2v) is 3.77. The summed E-state index contributed by atoms with van der Waals surface area (Å²) in [7, 11) is 1.82. The molecular weight excluding hydrogens is 202 g/mol. The van der Waals surface area contributed by atoms with Crippen LogP contribution < -0.4 is 4.74 Å². The Bertz CT molecular complexity index is 332. The molecule has 0 unspecified atom stereocenters. The lowest BCUT2D eigenvalue weighted by Crippen LogP contribution is -2.26. The standard InChI is InChI=1S/C13H19NO2/c1-4-16-13-7-5-12(6-8-13)9-10-14(3)11(2)15/h5-8H,4,9-10H2,1-3H3. The van der Waals surface area contributed by atoms with Crippen molar-refractivity contribution in [3.63, 3.8) is 0 Å². The predicted octanol–water partition coefficient (Wildman–Crippen LogP) is 2.11. The molecule has 0 heterocycles. The maximum absolute atomic E-state index is 11.0. The van der Waals surface area contributed by atoms with E-state index >= 15 is 0 Å². The molecule has 0 aliphatic carbocycles. The second-order valence-electron chi connectivity index (χ2n) is 3.77. The highest BCUT2D eigenvalue weighted by Gasteiger charge is 2.02. The fourth-order valence-corrected chi connectivity index (χ4v) is 1.37. The number of rotatable bonds is 5. The summed E-state index contributed by atoms with van der Waals surface area (Å²) >= 11 is 0. The van der Waals surface area contributed by atoms with Gasteiger partial charge in [0.25, 0.3) is 0 Å². The van der Waals surface area contributed by atoms with Crippen molar-refractivity contribution < 1.29 is 9.53 Å². The number of nitrogens with zero attached hydrogens (tertiary/aromatic N) is 1. The van der Waals surface area contributed by atoms with Crippen LogP contribution >= 0.6 is 0 Å². The van der Waals surface area contributed by atoms with Crippen molar-refractivity contribution in [2.75, 3.05) is 20.2 Å². The Morgan fingerprint density at radius 1 is 1.31 bits per heavy atom. The van der Waals surface area contributed by atoms with Gasteiger partial charge in [0.15, 0.2) is 0 Å². The maximum atomic E-state index is 11.0. The van der Waals surface area contributed by atoms with Crippen molar-refractivity contribution in [3.05, 3.63) is 29.8 Å². The van der Waals surface area contributed by atoms with Gasteiger partial charge < -0.3 is 9.64 Å². The molecule has 0 saturated heterocycles. The van der Waals surface area contributed by atoms with Crippen molar-refractivity contribution in [2.45, 2.75) is 20.3 Å². The first-order valence-corrected chi connectivity index (χ1v) is 5.57. The smallest absolute Gasteiger partial charge is 0.219 e. The average Bonchev–Trinajstić information content (AvgIpc) is 2.28. The van der Waals surface area contributed by atoms with Gasteiger partial charge in [0.05, 0.1) is 6.61 Å². The van der Waals surface area contributed by atoms with Gasteiger partial charge in [-0.25, -0.2) is 0 Å². The molecule has 0 aliphatic rings. The molecule has 0 fully saturated rings. The van der Waals surface area contributed by atoms with Crippen LogP contribution in [-0.4, -0.2) is 31.0 Å². The zero-order valence-corrected chi connectivity index (χ0v) is 10.2. The molecule has 0 spiro atoms. The normalized spacial score (nSPS) is 9.94. The Balaban J connectivity index is 2.46. The SMILES string of the molecule is CCOc1ccc(CCN(C)C(C)=O)cc1.